The Morgan fingerprint density at radius 1 is 1.36 bits per heavy atom. The van der Waals surface area contributed by atoms with Crippen molar-refractivity contribution in [2.45, 2.75) is 50.0 Å². The van der Waals surface area contributed by atoms with Gasteiger partial charge in [-0.1, -0.05) is 25.3 Å². The summed E-state index contributed by atoms with van der Waals surface area (Å²) in [6.07, 6.45) is 6.39. The minimum absolute atomic E-state index is 0.0181. The minimum Gasteiger partial charge on any atom is -0.375 e. The van der Waals surface area contributed by atoms with Crippen LogP contribution in [-0.4, -0.2) is 43.2 Å². The molecule has 2 heterocycles. The van der Waals surface area contributed by atoms with Crippen LogP contribution in [0.25, 0.3) is 0 Å². The van der Waals surface area contributed by atoms with Gasteiger partial charge in [-0.15, -0.1) is 11.3 Å². The topological polar surface area (TPSA) is 55.6 Å². The summed E-state index contributed by atoms with van der Waals surface area (Å²) in [7, 11) is 0. The highest BCUT2D eigenvalue weighted by molar-refractivity contribution is 7.10. The molecule has 1 aliphatic heterocycles. The average Bonchev–Trinajstić information content (AvgIpc) is 3.00. The van der Waals surface area contributed by atoms with E-state index in [0.717, 1.165) is 38.6 Å². The Balaban J connectivity index is 1.85. The van der Waals surface area contributed by atoms with Crippen LogP contribution < -0.4 is 5.73 Å². The second kappa shape index (κ2) is 7.11. The Morgan fingerprint density at radius 3 is 2.86 bits per heavy atom. The van der Waals surface area contributed by atoms with E-state index in [4.69, 9.17) is 10.5 Å². The Kier molecular flexibility index (Phi) is 5.16. The lowest BCUT2D eigenvalue weighted by Crippen LogP contribution is -2.50. The van der Waals surface area contributed by atoms with Crippen molar-refractivity contribution >= 4 is 17.2 Å². The van der Waals surface area contributed by atoms with Gasteiger partial charge in [-0.3, -0.25) is 4.79 Å². The summed E-state index contributed by atoms with van der Waals surface area (Å²) in [5, 5.41) is 2.09. The van der Waals surface area contributed by atoms with Gasteiger partial charge in [-0.05, 0) is 30.7 Å². The number of hydrogen-bond acceptors (Lipinski definition) is 4. The highest BCUT2D eigenvalue weighted by Crippen LogP contribution is 2.43. The lowest BCUT2D eigenvalue weighted by molar-refractivity contribution is -0.139. The zero-order chi connectivity index (χ0) is 15.4. The van der Waals surface area contributed by atoms with E-state index in [9.17, 15) is 4.79 Å². The smallest absolute Gasteiger partial charge is 0.234 e. The van der Waals surface area contributed by atoms with Gasteiger partial charge in [-0.2, -0.15) is 0 Å². The first-order chi connectivity index (χ1) is 10.8. The lowest BCUT2D eigenvalue weighted by Gasteiger charge is -2.39. The summed E-state index contributed by atoms with van der Waals surface area (Å²) in [5.41, 5.74) is 5.48. The van der Waals surface area contributed by atoms with Gasteiger partial charge in [0.2, 0.25) is 5.91 Å². The van der Waals surface area contributed by atoms with Crippen LogP contribution >= 0.6 is 11.3 Å². The maximum absolute atomic E-state index is 13.4. The van der Waals surface area contributed by atoms with Crippen molar-refractivity contribution in [2.24, 2.45) is 5.73 Å². The van der Waals surface area contributed by atoms with Gasteiger partial charge in [0.05, 0.1) is 11.5 Å². The molecule has 3 rings (SSSR count). The van der Waals surface area contributed by atoms with Crippen LogP contribution in [0.1, 0.15) is 43.4 Å². The van der Waals surface area contributed by atoms with Crippen molar-refractivity contribution in [3.05, 3.63) is 22.4 Å². The summed E-state index contributed by atoms with van der Waals surface area (Å²) < 4.78 is 5.73. The quantitative estimate of drug-likeness (QED) is 0.930. The third kappa shape index (κ3) is 3.07. The molecule has 122 valence electrons. The van der Waals surface area contributed by atoms with Gasteiger partial charge in [0, 0.05) is 31.1 Å². The summed E-state index contributed by atoms with van der Waals surface area (Å²) in [6.45, 7) is 2.62. The van der Waals surface area contributed by atoms with E-state index in [0.29, 0.717) is 25.6 Å². The fourth-order valence-electron chi connectivity index (χ4n) is 3.80. The Morgan fingerprint density at radius 2 is 2.18 bits per heavy atom. The molecule has 0 unspecified atom stereocenters. The molecule has 0 aromatic carbocycles. The molecule has 1 aromatic heterocycles. The van der Waals surface area contributed by atoms with Crippen LogP contribution in [-0.2, 0) is 14.9 Å². The molecule has 1 amide bonds. The Hall–Kier alpha value is -0.910. The number of carbonyl (C=O) groups is 1. The first kappa shape index (κ1) is 16.0. The largest absolute Gasteiger partial charge is 0.375 e. The van der Waals surface area contributed by atoms with Crippen molar-refractivity contribution in [3.63, 3.8) is 0 Å². The number of hydrogen-bond donors (Lipinski definition) is 1. The molecule has 2 N–H and O–H groups in total. The standard InChI is InChI=1S/C17H26N2O2S/c18-12-14-13-19(9-5-10-21-14)16(20)17(7-2-1-3-8-17)15-6-4-11-22-15/h4,6,11,14H,1-3,5,7-10,12-13,18H2/t14-/m0/s1. The zero-order valence-corrected chi connectivity index (χ0v) is 13.9. The number of rotatable bonds is 3. The van der Waals surface area contributed by atoms with Gasteiger partial charge in [0.15, 0.2) is 0 Å². The van der Waals surface area contributed by atoms with Gasteiger partial charge >= 0.3 is 0 Å². The van der Waals surface area contributed by atoms with Crippen molar-refractivity contribution in [1.29, 1.82) is 0 Å². The highest BCUT2D eigenvalue weighted by atomic mass is 32.1. The van der Waals surface area contributed by atoms with Crippen LogP contribution in [0.4, 0.5) is 0 Å². The molecule has 2 aliphatic rings. The van der Waals surface area contributed by atoms with E-state index in [2.05, 4.69) is 17.5 Å². The molecule has 22 heavy (non-hydrogen) atoms. The maximum atomic E-state index is 13.4. The predicted octanol–water partition coefficient (Wildman–Crippen LogP) is 2.53. The number of amides is 1. The fourth-order valence-corrected chi connectivity index (χ4v) is 4.77. The SMILES string of the molecule is NC[C@H]1CN(C(=O)C2(c3cccs3)CCCCC2)CCCO1. The summed E-state index contributed by atoms with van der Waals surface area (Å²) >= 11 is 1.73. The first-order valence-electron chi connectivity index (χ1n) is 8.41. The predicted molar refractivity (Wildman–Crippen MR) is 89.1 cm³/mol. The van der Waals surface area contributed by atoms with Crippen LogP contribution in [0.15, 0.2) is 17.5 Å². The molecule has 4 nitrogen and oxygen atoms in total. The van der Waals surface area contributed by atoms with Gasteiger partial charge in [0.25, 0.3) is 0 Å². The summed E-state index contributed by atoms with van der Waals surface area (Å²) in [6, 6.07) is 4.21. The zero-order valence-electron chi connectivity index (χ0n) is 13.1. The number of nitrogens with zero attached hydrogens (tertiary/aromatic N) is 1. The molecular weight excluding hydrogens is 296 g/mol. The second-order valence-electron chi connectivity index (χ2n) is 6.45. The molecule has 0 radical (unpaired) electrons. The number of carbonyl (C=O) groups excluding carboxylic acids is 1. The summed E-state index contributed by atoms with van der Waals surface area (Å²) in [5.74, 6) is 0.304. The molecule has 0 spiro atoms. The normalized spacial score (nSPS) is 25.7. The molecule has 1 atom stereocenters. The minimum atomic E-state index is -0.296. The molecular formula is C17H26N2O2S. The number of nitrogens with two attached hydrogens (primary N) is 1. The third-order valence-corrected chi connectivity index (χ3v) is 6.08. The summed E-state index contributed by atoms with van der Waals surface area (Å²) in [4.78, 5) is 16.7. The molecule has 5 heteroatoms. The molecule has 1 saturated heterocycles. The van der Waals surface area contributed by atoms with Crippen molar-refractivity contribution in [1.82, 2.24) is 4.90 Å². The van der Waals surface area contributed by atoms with Crippen LogP contribution in [0, 0.1) is 0 Å². The van der Waals surface area contributed by atoms with Gasteiger partial charge < -0.3 is 15.4 Å². The average molecular weight is 322 g/mol. The van der Waals surface area contributed by atoms with E-state index in [1.165, 1.54) is 11.3 Å². The fraction of sp³-hybridized carbons (Fsp3) is 0.706. The third-order valence-electron chi connectivity index (χ3n) is 5.01. The Bertz CT molecular complexity index is 483. The second-order valence-corrected chi connectivity index (χ2v) is 7.40. The first-order valence-corrected chi connectivity index (χ1v) is 9.29. The van der Waals surface area contributed by atoms with Crippen molar-refractivity contribution < 1.29 is 9.53 Å². The van der Waals surface area contributed by atoms with Crippen LogP contribution in [0.5, 0.6) is 0 Å². The molecule has 0 bridgehead atoms. The van der Waals surface area contributed by atoms with E-state index in [-0.39, 0.29) is 11.5 Å². The lowest BCUT2D eigenvalue weighted by atomic mass is 9.72. The van der Waals surface area contributed by atoms with E-state index < -0.39 is 0 Å². The number of ether oxygens (including phenoxy) is 1. The van der Waals surface area contributed by atoms with Crippen LogP contribution in [0.3, 0.4) is 0 Å². The number of thiophene rings is 1. The highest BCUT2D eigenvalue weighted by Gasteiger charge is 2.44. The Labute approximate surface area is 136 Å². The maximum Gasteiger partial charge on any atom is 0.234 e. The molecule has 1 aliphatic carbocycles. The van der Waals surface area contributed by atoms with Crippen LogP contribution in [0.2, 0.25) is 0 Å². The van der Waals surface area contributed by atoms with Gasteiger partial charge in [0.1, 0.15) is 0 Å². The molecule has 1 aromatic rings. The molecule has 2 fully saturated rings. The van der Waals surface area contributed by atoms with Crippen molar-refractivity contribution in [3.8, 4) is 0 Å². The van der Waals surface area contributed by atoms with E-state index >= 15 is 0 Å². The van der Waals surface area contributed by atoms with E-state index in [1.807, 2.05) is 4.90 Å². The van der Waals surface area contributed by atoms with Crippen molar-refractivity contribution in [2.75, 3.05) is 26.2 Å². The monoisotopic (exact) mass is 322 g/mol. The van der Waals surface area contributed by atoms with E-state index in [1.54, 1.807) is 11.3 Å². The van der Waals surface area contributed by atoms with Gasteiger partial charge in [-0.25, -0.2) is 0 Å². The molecule has 1 saturated carbocycles.